The number of benzene rings is 1. The van der Waals surface area contributed by atoms with E-state index in [0.717, 1.165) is 43.9 Å². The van der Waals surface area contributed by atoms with Gasteiger partial charge in [0, 0.05) is 12.3 Å². The molecule has 4 saturated carbocycles. The molecule has 32 heavy (non-hydrogen) atoms. The van der Waals surface area contributed by atoms with Crippen LogP contribution in [0.2, 0.25) is 0 Å². The van der Waals surface area contributed by atoms with E-state index >= 15 is 0 Å². The number of fused-ring (bicyclic) bond motifs is 5. The number of hydrogen-bond donors (Lipinski definition) is 1. The van der Waals surface area contributed by atoms with Crippen molar-refractivity contribution in [2.24, 2.45) is 34.5 Å². The lowest BCUT2D eigenvalue weighted by molar-refractivity contribution is -0.164. The predicted molar refractivity (Wildman–Crippen MR) is 128 cm³/mol. The quantitative estimate of drug-likeness (QED) is 0.557. The van der Waals surface area contributed by atoms with Crippen LogP contribution in [0.3, 0.4) is 0 Å². The monoisotopic (exact) mass is 436 g/mol. The molecule has 0 radical (unpaired) electrons. The summed E-state index contributed by atoms with van der Waals surface area (Å²) in [4.78, 5) is 11.5. The van der Waals surface area contributed by atoms with Crippen LogP contribution in [0.5, 0.6) is 0 Å². The predicted octanol–water partition coefficient (Wildman–Crippen LogP) is 6.41. The Hall–Kier alpha value is -1.61. The number of aliphatic hydroxyl groups is 1. The fourth-order valence-electron chi connectivity index (χ4n) is 8.68. The van der Waals surface area contributed by atoms with Crippen LogP contribution < -0.4 is 0 Å². The van der Waals surface area contributed by atoms with Gasteiger partial charge >= 0.3 is 5.97 Å². The van der Waals surface area contributed by atoms with Gasteiger partial charge in [-0.2, -0.15) is 0 Å². The fourth-order valence-corrected chi connectivity index (χ4v) is 8.68. The summed E-state index contributed by atoms with van der Waals surface area (Å²) in [7, 11) is 0. The van der Waals surface area contributed by atoms with Gasteiger partial charge in [0.2, 0.25) is 0 Å². The minimum atomic E-state index is -0.705. The summed E-state index contributed by atoms with van der Waals surface area (Å²) < 4.78 is 5.62. The average Bonchev–Trinajstić information content (AvgIpc) is 3.04. The second-order valence-electron chi connectivity index (χ2n) is 11.8. The summed E-state index contributed by atoms with van der Waals surface area (Å²) in [6.07, 6.45) is 14.5. The molecule has 0 saturated heterocycles. The lowest BCUT2D eigenvalue weighted by Gasteiger charge is -2.61. The van der Waals surface area contributed by atoms with Crippen molar-refractivity contribution in [3.8, 4) is 0 Å². The van der Waals surface area contributed by atoms with E-state index in [9.17, 15) is 9.90 Å². The normalized spacial score (nSPS) is 45.7. The third kappa shape index (κ3) is 3.47. The van der Waals surface area contributed by atoms with Gasteiger partial charge < -0.3 is 9.84 Å². The Labute approximate surface area is 193 Å². The number of esters is 1. The topological polar surface area (TPSA) is 46.5 Å². The molecular formula is C29H40O3. The fraction of sp³-hybridized carbons (Fsp3) is 0.690. The van der Waals surface area contributed by atoms with Crippen LogP contribution in [0.4, 0.5) is 0 Å². The van der Waals surface area contributed by atoms with Crippen molar-refractivity contribution >= 4 is 12.0 Å². The molecule has 1 N–H and O–H groups in total. The molecule has 4 aliphatic rings. The molecule has 0 bridgehead atoms. The van der Waals surface area contributed by atoms with Crippen molar-refractivity contribution < 1.29 is 14.6 Å². The molecule has 0 amide bonds. The van der Waals surface area contributed by atoms with Crippen LogP contribution in [0.1, 0.15) is 84.1 Å². The highest BCUT2D eigenvalue weighted by Crippen LogP contribution is 2.68. The van der Waals surface area contributed by atoms with Gasteiger partial charge in [0.1, 0.15) is 6.10 Å². The summed E-state index contributed by atoms with van der Waals surface area (Å²) >= 11 is 0. The van der Waals surface area contributed by atoms with Crippen molar-refractivity contribution in [3.05, 3.63) is 42.0 Å². The molecule has 1 aromatic carbocycles. The maximum Gasteiger partial charge on any atom is 0.302 e. The highest BCUT2D eigenvalue weighted by atomic mass is 16.5. The van der Waals surface area contributed by atoms with Crippen LogP contribution in [-0.4, -0.2) is 22.8 Å². The van der Waals surface area contributed by atoms with Crippen molar-refractivity contribution in [3.63, 3.8) is 0 Å². The summed E-state index contributed by atoms with van der Waals surface area (Å²) in [5, 5.41) is 11.9. The van der Waals surface area contributed by atoms with Crippen molar-refractivity contribution in [1.29, 1.82) is 0 Å². The van der Waals surface area contributed by atoms with E-state index in [4.69, 9.17) is 4.74 Å². The first kappa shape index (κ1) is 22.2. The van der Waals surface area contributed by atoms with E-state index in [2.05, 4.69) is 50.3 Å². The number of rotatable bonds is 3. The van der Waals surface area contributed by atoms with E-state index in [1.165, 1.54) is 31.2 Å². The molecule has 0 heterocycles. The second-order valence-corrected chi connectivity index (χ2v) is 11.8. The van der Waals surface area contributed by atoms with Gasteiger partial charge in [0.15, 0.2) is 0 Å². The van der Waals surface area contributed by atoms with Crippen LogP contribution in [0.25, 0.3) is 6.08 Å². The van der Waals surface area contributed by atoms with Gasteiger partial charge in [-0.1, -0.05) is 56.3 Å². The van der Waals surface area contributed by atoms with Gasteiger partial charge in [-0.15, -0.1) is 0 Å². The van der Waals surface area contributed by atoms with Gasteiger partial charge in [-0.25, -0.2) is 0 Å². The molecular weight excluding hydrogens is 396 g/mol. The highest BCUT2D eigenvalue weighted by molar-refractivity contribution is 5.66. The zero-order valence-corrected chi connectivity index (χ0v) is 20.1. The Morgan fingerprint density at radius 2 is 1.75 bits per heavy atom. The molecule has 0 aromatic heterocycles. The zero-order chi connectivity index (χ0) is 22.6. The minimum Gasteiger partial charge on any atom is -0.463 e. The third-order valence-corrected chi connectivity index (χ3v) is 10.5. The number of carbonyl (C=O) groups is 1. The minimum absolute atomic E-state index is 0.0302. The third-order valence-electron chi connectivity index (χ3n) is 10.5. The molecule has 1 aromatic rings. The number of hydrogen-bond acceptors (Lipinski definition) is 3. The van der Waals surface area contributed by atoms with Crippen molar-refractivity contribution in [2.45, 2.75) is 90.3 Å². The molecule has 5 rings (SSSR count). The van der Waals surface area contributed by atoms with E-state index in [1.807, 2.05) is 6.07 Å². The molecule has 174 valence electrons. The van der Waals surface area contributed by atoms with E-state index in [1.54, 1.807) is 6.92 Å². The molecule has 4 fully saturated rings. The van der Waals surface area contributed by atoms with Gasteiger partial charge in [-0.05, 0) is 92.4 Å². The largest absolute Gasteiger partial charge is 0.463 e. The van der Waals surface area contributed by atoms with Crippen molar-refractivity contribution in [2.75, 3.05) is 0 Å². The Balaban J connectivity index is 1.35. The number of ether oxygens (including phenoxy) is 1. The van der Waals surface area contributed by atoms with Crippen molar-refractivity contribution in [1.82, 2.24) is 0 Å². The molecule has 3 heteroatoms. The lowest BCUT2D eigenvalue weighted by Crippen LogP contribution is -2.56. The van der Waals surface area contributed by atoms with Gasteiger partial charge in [-0.3, -0.25) is 4.79 Å². The zero-order valence-electron chi connectivity index (χ0n) is 20.1. The van der Waals surface area contributed by atoms with Crippen LogP contribution >= 0.6 is 0 Å². The maximum atomic E-state index is 11.9. The van der Waals surface area contributed by atoms with Gasteiger partial charge in [0.25, 0.3) is 0 Å². The summed E-state index contributed by atoms with van der Waals surface area (Å²) in [5.74, 6) is 2.62. The molecule has 0 unspecified atom stereocenters. The molecule has 4 aliphatic carbocycles. The summed E-state index contributed by atoms with van der Waals surface area (Å²) in [6, 6.07) is 10.4. The molecule has 0 spiro atoms. The summed E-state index contributed by atoms with van der Waals surface area (Å²) in [5.41, 5.74) is 0.793. The van der Waals surface area contributed by atoms with E-state index in [-0.39, 0.29) is 17.5 Å². The highest BCUT2D eigenvalue weighted by Gasteiger charge is 2.64. The smallest absolute Gasteiger partial charge is 0.302 e. The van der Waals surface area contributed by atoms with Crippen LogP contribution in [-0.2, 0) is 9.53 Å². The lowest BCUT2D eigenvalue weighted by atomic mass is 9.44. The summed E-state index contributed by atoms with van der Waals surface area (Å²) in [6.45, 7) is 6.46. The second kappa shape index (κ2) is 8.01. The Kier molecular flexibility index (Phi) is 5.55. The van der Waals surface area contributed by atoms with Crippen LogP contribution in [0, 0.1) is 34.5 Å². The Bertz CT molecular complexity index is 878. The van der Waals surface area contributed by atoms with Crippen LogP contribution in [0.15, 0.2) is 36.4 Å². The first-order valence-corrected chi connectivity index (χ1v) is 12.9. The average molecular weight is 437 g/mol. The molecule has 3 nitrogen and oxygen atoms in total. The molecule has 8 atom stereocenters. The Morgan fingerprint density at radius 3 is 2.50 bits per heavy atom. The molecule has 0 aliphatic heterocycles. The van der Waals surface area contributed by atoms with E-state index in [0.29, 0.717) is 17.3 Å². The standard InChI is InChI=1S/C29H40O3/c1-20(30)32-23-12-15-27(2)22(19-23)9-10-24-25(27)13-16-28(3)26(24)14-18-29(28,31)17-11-21-7-5-4-6-8-21/h4-8,11,17,22-26,31H,9-10,12-16,18-19H2,1-3H3/t22-,23+,24+,25+,26-,27-,28+,29+/m1/s1. The SMILES string of the molecule is CC(=O)O[C@H]1CC[C@]2(C)[C@H](CC[C@@H]3[C@H]4CC[C@@](O)(C=Cc5ccccc5)[C@@]4(C)CC[C@@H]32)C1. The Morgan fingerprint density at radius 1 is 1.00 bits per heavy atom. The first-order valence-electron chi connectivity index (χ1n) is 12.9. The van der Waals surface area contributed by atoms with Gasteiger partial charge in [0.05, 0.1) is 5.60 Å². The van der Waals surface area contributed by atoms with E-state index < -0.39 is 5.60 Å². The first-order chi connectivity index (χ1) is 15.3. The maximum absolute atomic E-state index is 11.9. The number of carbonyl (C=O) groups excluding carboxylic acids is 1.